The van der Waals surface area contributed by atoms with Gasteiger partial charge in [0, 0.05) is 34.8 Å². The van der Waals surface area contributed by atoms with Crippen LogP contribution >= 0.6 is 12.2 Å². The second kappa shape index (κ2) is 8.73. The van der Waals surface area contributed by atoms with E-state index in [0.29, 0.717) is 28.0 Å². The Morgan fingerprint density at radius 3 is 2.23 bits per heavy atom. The number of carbonyl (C=O) groups is 1. The molecule has 8 heteroatoms. The van der Waals surface area contributed by atoms with Crippen molar-refractivity contribution in [2.45, 2.75) is 6.54 Å². The second-order valence-corrected chi connectivity index (χ2v) is 10.5. The van der Waals surface area contributed by atoms with E-state index in [1.807, 2.05) is 36.4 Å². The molecule has 30 heavy (non-hydrogen) atoms. The van der Waals surface area contributed by atoms with Gasteiger partial charge in [0.05, 0.1) is 16.7 Å². The van der Waals surface area contributed by atoms with E-state index < -0.39 is 15.4 Å². The van der Waals surface area contributed by atoms with Gasteiger partial charge < -0.3 is 21.1 Å². The lowest BCUT2D eigenvalue weighted by Crippen LogP contribution is -2.10. The molecule has 0 aliphatic carbocycles. The summed E-state index contributed by atoms with van der Waals surface area (Å²) in [5.74, 6) is -0.454. The molecule has 1 aromatic heterocycles. The van der Waals surface area contributed by atoms with Crippen LogP contribution in [0.2, 0.25) is 0 Å². The molecule has 1 heterocycles. The van der Waals surface area contributed by atoms with Gasteiger partial charge >= 0.3 is 0 Å². The number of aromatic amines is 1. The largest absolute Gasteiger partial charge is 0.505 e. The average Bonchev–Trinajstić information content (AvgIpc) is 2.69. The van der Waals surface area contributed by atoms with Crippen LogP contribution < -0.4 is 11.1 Å². The number of aromatic hydroxyl groups is 1. The number of H-pyrrole nitrogens is 1. The summed E-state index contributed by atoms with van der Waals surface area (Å²) in [6, 6.07) is 16.4. The Morgan fingerprint density at radius 1 is 1.13 bits per heavy atom. The Balaban J connectivity index is 1.76. The predicted octanol–water partition coefficient (Wildman–Crippen LogP) is 3.52. The van der Waals surface area contributed by atoms with E-state index in [9.17, 15) is 14.1 Å². The molecule has 0 radical (unpaired) electrons. The van der Waals surface area contributed by atoms with E-state index in [-0.39, 0.29) is 5.75 Å². The molecule has 1 amide bonds. The smallest absolute Gasteiger partial charge is 0.248 e. The van der Waals surface area contributed by atoms with E-state index in [4.69, 9.17) is 18.0 Å². The third kappa shape index (κ3) is 5.49. The Hall–Kier alpha value is -3.10. The summed E-state index contributed by atoms with van der Waals surface area (Å²) in [6.45, 7) is 0.318. The highest BCUT2D eigenvalue weighted by molar-refractivity contribution is 8.00. The molecule has 0 saturated heterocycles. The van der Waals surface area contributed by atoms with E-state index in [1.165, 1.54) is 0 Å². The van der Waals surface area contributed by atoms with Gasteiger partial charge in [0.2, 0.25) is 5.91 Å². The lowest BCUT2D eigenvalue weighted by Gasteiger charge is -2.11. The number of hydrogen-bond donors (Lipinski definition) is 4. The van der Waals surface area contributed by atoms with Crippen LogP contribution in [0.3, 0.4) is 0 Å². The summed E-state index contributed by atoms with van der Waals surface area (Å²) in [6.07, 6.45) is 3.27. The van der Waals surface area contributed by atoms with Gasteiger partial charge in [0.15, 0.2) is 5.75 Å². The van der Waals surface area contributed by atoms with Crippen molar-refractivity contribution in [2.24, 2.45) is 5.73 Å². The third-order valence-electron chi connectivity index (χ3n) is 4.37. The quantitative estimate of drug-likeness (QED) is 0.438. The van der Waals surface area contributed by atoms with E-state index in [0.717, 1.165) is 16.8 Å². The molecule has 0 aliphatic heterocycles. The molecule has 2 aromatic carbocycles. The van der Waals surface area contributed by atoms with Crippen LogP contribution in [0.5, 0.6) is 5.75 Å². The first-order valence-electron chi connectivity index (χ1n) is 9.11. The van der Waals surface area contributed by atoms with Crippen LogP contribution in [0.4, 0.5) is 5.69 Å². The van der Waals surface area contributed by atoms with Gasteiger partial charge in [-0.1, -0.05) is 36.5 Å². The summed E-state index contributed by atoms with van der Waals surface area (Å²) < 4.78 is 12.3. The Bertz CT molecular complexity index is 1250. The number of carbonyl (C=O) groups excluding carboxylic acids is 1. The zero-order valence-corrected chi connectivity index (χ0v) is 18.3. The number of nitrogens with two attached hydrogens (primary N) is 1. The van der Waals surface area contributed by atoms with Crippen LogP contribution in [0.15, 0.2) is 54.6 Å². The van der Waals surface area contributed by atoms with Crippen LogP contribution in [0.25, 0.3) is 11.1 Å². The minimum Gasteiger partial charge on any atom is -0.505 e. The fourth-order valence-electron chi connectivity index (χ4n) is 2.92. The first kappa shape index (κ1) is 21.6. The molecule has 5 N–H and O–H groups in total. The number of pyridine rings is 1. The van der Waals surface area contributed by atoms with E-state index in [1.54, 1.807) is 36.1 Å². The zero-order valence-electron chi connectivity index (χ0n) is 16.6. The molecule has 0 aliphatic rings. The van der Waals surface area contributed by atoms with Crippen molar-refractivity contribution in [1.29, 1.82) is 0 Å². The van der Waals surface area contributed by atoms with Gasteiger partial charge in [-0.3, -0.25) is 9.00 Å². The average molecular weight is 442 g/mol. The molecular weight excluding hydrogens is 418 g/mol. The highest BCUT2D eigenvalue weighted by Crippen LogP contribution is 2.23. The van der Waals surface area contributed by atoms with Gasteiger partial charge in [0.25, 0.3) is 0 Å². The predicted molar refractivity (Wildman–Crippen MR) is 126 cm³/mol. The van der Waals surface area contributed by atoms with Gasteiger partial charge in [-0.25, -0.2) is 0 Å². The van der Waals surface area contributed by atoms with Crippen molar-refractivity contribution >= 4 is 38.7 Å². The Labute approximate surface area is 180 Å². The van der Waals surface area contributed by atoms with Crippen LogP contribution in [-0.2, 0) is 16.1 Å². The number of amides is 1. The van der Waals surface area contributed by atoms with Crippen molar-refractivity contribution in [3.05, 3.63) is 76.1 Å². The number of nitrogens with one attached hydrogen (secondary N) is 2. The Kier molecular flexibility index (Phi) is 6.28. The lowest BCUT2D eigenvalue weighted by molar-refractivity contribution is 0.100. The standard InChI is InChI=1S/C22H23N3O3S2/c1-30(2,28)13-18-11-20(29)21(26)19(25-18)12-24-17-9-7-15(8-10-17)14-3-5-16(6-4-14)22(23)27/h3-11,13,24,26H,12H2,1-2H3,(H2,23,27)(H,25,29). The molecule has 0 unspecified atom stereocenters. The molecule has 0 spiro atoms. The minimum absolute atomic E-state index is 0.000448. The summed E-state index contributed by atoms with van der Waals surface area (Å²) in [7, 11) is -2.11. The first-order chi connectivity index (χ1) is 14.1. The van der Waals surface area contributed by atoms with Gasteiger partial charge in [-0.2, -0.15) is 0 Å². The number of primary amides is 1. The SMILES string of the molecule is CS(C)(=O)=Cc1cc(=S)c(O)c(CNc2ccc(-c3ccc(C(N)=O)cc3)cc2)[nH]1. The summed E-state index contributed by atoms with van der Waals surface area (Å²) in [5, 5.41) is 15.1. The minimum atomic E-state index is -2.11. The summed E-state index contributed by atoms with van der Waals surface area (Å²) in [4.78, 5) is 14.3. The van der Waals surface area contributed by atoms with E-state index >= 15 is 0 Å². The number of anilines is 1. The van der Waals surface area contributed by atoms with Crippen molar-refractivity contribution in [1.82, 2.24) is 4.98 Å². The number of rotatable bonds is 6. The van der Waals surface area contributed by atoms with Gasteiger partial charge in [0.1, 0.15) is 0 Å². The van der Waals surface area contributed by atoms with Crippen molar-refractivity contribution in [2.75, 3.05) is 17.8 Å². The molecule has 6 nitrogen and oxygen atoms in total. The maximum atomic E-state index is 12.0. The first-order valence-corrected chi connectivity index (χ1v) is 12.0. The molecule has 156 valence electrons. The van der Waals surface area contributed by atoms with E-state index in [2.05, 4.69) is 10.3 Å². The van der Waals surface area contributed by atoms with Crippen molar-refractivity contribution in [3.63, 3.8) is 0 Å². The Morgan fingerprint density at radius 2 is 1.70 bits per heavy atom. The normalized spacial score (nSPS) is 11.1. The second-order valence-electron chi connectivity index (χ2n) is 7.22. The van der Waals surface area contributed by atoms with Crippen molar-refractivity contribution < 1.29 is 14.1 Å². The topological polar surface area (TPSA) is 108 Å². The van der Waals surface area contributed by atoms with Gasteiger partial charge in [-0.05, 0) is 51.0 Å². The molecule has 0 saturated carbocycles. The van der Waals surface area contributed by atoms with Crippen LogP contribution in [-0.4, -0.2) is 38.1 Å². The molecule has 3 rings (SSSR count). The third-order valence-corrected chi connectivity index (χ3v) is 5.50. The molecule has 0 atom stereocenters. The molecule has 0 fully saturated rings. The monoisotopic (exact) mass is 441 g/mol. The van der Waals surface area contributed by atoms with Crippen LogP contribution in [0.1, 0.15) is 21.7 Å². The maximum Gasteiger partial charge on any atom is 0.248 e. The molecule has 0 bridgehead atoms. The maximum absolute atomic E-state index is 12.0. The number of aromatic nitrogens is 1. The lowest BCUT2D eigenvalue weighted by atomic mass is 10.0. The van der Waals surface area contributed by atoms with Crippen molar-refractivity contribution in [3.8, 4) is 16.9 Å². The summed E-state index contributed by atoms with van der Waals surface area (Å²) in [5.41, 5.74) is 9.69. The summed E-state index contributed by atoms with van der Waals surface area (Å²) >= 11 is 5.21. The van der Waals surface area contributed by atoms with Gasteiger partial charge in [-0.15, -0.1) is 0 Å². The molecule has 3 aromatic rings. The van der Waals surface area contributed by atoms with Crippen LogP contribution in [0, 0.1) is 4.51 Å². The highest BCUT2D eigenvalue weighted by atomic mass is 32.2. The molecular formula is C22H23N3O3S2. The zero-order chi connectivity index (χ0) is 21.9. The number of hydrogen-bond acceptors (Lipinski definition) is 5. The fraction of sp³-hybridized carbons (Fsp3) is 0.136. The highest BCUT2D eigenvalue weighted by Gasteiger charge is 2.07. The number of benzene rings is 2. The fourth-order valence-corrected chi connectivity index (χ4v) is 3.91.